The SMILES string of the molecule is CC1CNC(C)(CC2CCCS2(=O)=O)OC1. The highest BCUT2D eigenvalue weighted by Crippen LogP contribution is 2.29. The Morgan fingerprint density at radius 3 is 2.75 bits per heavy atom. The molecular weight excluding hydrogens is 226 g/mol. The lowest BCUT2D eigenvalue weighted by atomic mass is 10.0. The van der Waals surface area contributed by atoms with Gasteiger partial charge >= 0.3 is 0 Å². The van der Waals surface area contributed by atoms with Crippen LogP contribution in [0.25, 0.3) is 0 Å². The molecular formula is C11H21NO3S. The first-order chi connectivity index (χ1) is 7.41. The molecule has 2 rings (SSSR count). The molecule has 0 aromatic rings. The average molecular weight is 247 g/mol. The van der Waals surface area contributed by atoms with E-state index in [9.17, 15) is 8.42 Å². The van der Waals surface area contributed by atoms with Crippen molar-refractivity contribution < 1.29 is 13.2 Å². The van der Waals surface area contributed by atoms with Crippen molar-refractivity contribution in [3.63, 3.8) is 0 Å². The van der Waals surface area contributed by atoms with Gasteiger partial charge in [-0.1, -0.05) is 6.92 Å². The van der Waals surface area contributed by atoms with Gasteiger partial charge in [-0.2, -0.15) is 0 Å². The van der Waals surface area contributed by atoms with Crippen LogP contribution in [-0.2, 0) is 14.6 Å². The molecule has 2 heterocycles. The van der Waals surface area contributed by atoms with Gasteiger partial charge in [0.15, 0.2) is 9.84 Å². The predicted molar refractivity (Wildman–Crippen MR) is 62.9 cm³/mol. The summed E-state index contributed by atoms with van der Waals surface area (Å²) in [4.78, 5) is 0. The van der Waals surface area contributed by atoms with E-state index in [1.807, 2.05) is 6.92 Å². The van der Waals surface area contributed by atoms with Gasteiger partial charge in [-0.05, 0) is 25.7 Å². The molecule has 16 heavy (non-hydrogen) atoms. The maximum Gasteiger partial charge on any atom is 0.153 e. The van der Waals surface area contributed by atoms with E-state index in [2.05, 4.69) is 12.2 Å². The molecule has 0 bridgehead atoms. The van der Waals surface area contributed by atoms with Gasteiger partial charge in [0.05, 0.1) is 17.6 Å². The molecule has 3 atom stereocenters. The molecule has 0 aliphatic carbocycles. The van der Waals surface area contributed by atoms with Crippen LogP contribution in [0.2, 0.25) is 0 Å². The Labute approximate surface area is 97.7 Å². The summed E-state index contributed by atoms with van der Waals surface area (Å²) in [6, 6.07) is 0. The molecule has 0 amide bonds. The summed E-state index contributed by atoms with van der Waals surface area (Å²) in [5.41, 5.74) is -0.450. The fourth-order valence-electron chi connectivity index (χ4n) is 2.48. The minimum Gasteiger partial charge on any atom is -0.361 e. The van der Waals surface area contributed by atoms with Crippen molar-refractivity contribution in [2.45, 2.75) is 44.1 Å². The van der Waals surface area contributed by atoms with E-state index in [1.54, 1.807) is 0 Å². The number of hydrogen-bond donors (Lipinski definition) is 1. The van der Waals surface area contributed by atoms with Gasteiger partial charge in [-0.25, -0.2) is 8.42 Å². The van der Waals surface area contributed by atoms with Crippen LogP contribution in [0.15, 0.2) is 0 Å². The van der Waals surface area contributed by atoms with Crippen LogP contribution in [0, 0.1) is 5.92 Å². The zero-order valence-corrected chi connectivity index (χ0v) is 10.8. The summed E-state index contributed by atoms with van der Waals surface area (Å²) in [7, 11) is -2.86. The Kier molecular flexibility index (Phi) is 3.29. The second kappa shape index (κ2) is 4.27. The first-order valence-corrected chi connectivity index (χ1v) is 7.73. The highest BCUT2D eigenvalue weighted by Gasteiger charge is 2.39. The summed E-state index contributed by atoms with van der Waals surface area (Å²) < 4.78 is 29.3. The topological polar surface area (TPSA) is 55.4 Å². The van der Waals surface area contributed by atoms with Gasteiger partial charge in [0, 0.05) is 13.0 Å². The molecule has 2 fully saturated rings. The Morgan fingerprint density at radius 1 is 1.50 bits per heavy atom. The number of ether oxygens (including phenoxy) is 1. The quantitative estimate of drug-likeness (QED) is 0.788. The fraction of sp³-hybridized carbons (Fsp3) is 1.00. The Morgan fingerprint density at radius 2 is 2.25 bits per heavy atom. The second-order valence-electron chi connectivity index (χ2n) is 5.36. The lowest BCUT2D eigenvalue weighted by molar-refractivity contribution is -0.105. The van der Waals surface area contributed by atoms with Crippen LogP contribution < -0.4 is 5.32 Å². The standard InChI is InChI=1S/C11H21NO3S/c1-9-7-12-11(2,15-8-9)6-10-4-3-5-16(10,13)14/h9-10,12H,3-8H2,1-2H3. The van der Waals surface area contributed by atoms with E-state index in [0.717, 1.165) is 26.0 Å². The van der Waals surface area contributed by atoms with Crippen molar-refractivity contribution in [1.29, 1.82) is 0 Å². The third-order valence-corrected chi connectivity index (χ3v) is 5.87. The highest BCUT2D eigenvalue weighted by atomic mass is 32.2. The Balaban J connectivity index is 1.99. The van der Waals surface area contributed by atoms with E-state index in [4.69, 9.17) is 4.74 Å². The highest BCUT2D eigenvalue weighted by molar-refractivity contribution is 7.92. The maximum atomic E-state index is 11.8. The van der Waals surface area contributed by atoms with E-state index >= 15 is 0 Å². The van der Waals surface area contributed by atoms with Crippen LogP contribution in [0.3, 0.4) is 0 Å². The number of sulfone groups is 1. The van der Waals surface area contributed by atoms with Gasteiger partial charge < -0.3 is 4.74 Å². The van der Waals surface area contributed by atoms with Crippen LogP contribution in [0.5, 0.6) is 0 Å². The molecule has 0 spiro atoms. The molecule has 0 aromatic heterocycles. The van der Waals surface area contributed by atoms with Crippen LogP contribution in [-0.4, -0.2) is 38.3 Å². The largest absolute Gasteiger partial charge is 0.361 e. The molecule has 4 nitrogen and oxygen atoms in total. The summed E-state index contributed by atoms with van der Waals surface area (Å²) in [6.45, 7) is 5.71. The molecule has 94 valence electrons. The zero-order valence-electron chi connectivity index (χ0n) is 10.0. The molecule has 2 aliphatic rings. The molecule has 1 N–H and O–H groups in total. The molecule has 2 aliphatic heterocycles. The maximum absolute atomic E-state index is 11.8. The van der Waals surface area contributed by atoms with Gasteiger partial charge in [-0.3, -0.25) is 5.32 Å². The number of hydrogen-bond acceptors (Lipinski definition) is 4. The van der Waals surface area contributed by atoms with E-state index in [1.165, 1.54) is 0 Å². The lowest BCUT2D eigenvalue weighted by Gasteiger charge is -2.39. The summed E-state index contributed by atoms with van der Waals surface area (Å²) in [6.07, 6.45) is 2.18. The molecule has 2 saturated heterocycles. The third kappa shape index (κ3) is 2.57. The fourth-order valence-corrected chi connectivity index (χ4v) is 4.48. The van der Waals surface area contributed by atoms with E-state index in [0.29, 0.717) is 18.1 Å². The Bertz CT molecular complexity index is 344. The summed E-state index contributed by atoms with van der Waals surface area (Å²) in [5.74, 6) is 0.859. The van der Waals surface area contributed by atoms with Crippen molar-refractivity contribution >= 4 is 9.84 Å². The van der Waals surface area contributed by atoms with Crippen LogP contribution in [0.1, 0.15) is 33.1 Å². The van der Waals surface area contributed by atoms with E-state index in [-0.39, 0.29) is 5.25 Å². The van der Waals surface area contributed by atoms with Crippen molar-refractivity contribution in [3.8, 4) is 0 Å². The lowest BCUT2D eigenvalue weighted by Crippen LogP contribution is -2.54. The van der Waals surface area contributed by atoms with Crippen molar-refractivity contribution in [2.24, 2.45) is 5.92 Å². The van der Waals surface area contributed by atoms with Gasteiger partial charge in [0.25, 0.3) is 0 Å². The molecule has 5 heteroatoms. The summed E-state index contributed by atoms with van der Waals surface area (Å²) in [5, 5.41) is 3.11. The minimum absolute atomic E-state index is 0.210. The van der Waals surface area contributed by atoms with Crippen molar-refractivity contribution in [2.75, 3.05) is 18.9 Å². The zero-order chi connectivity index (χ0) is 11.8. The summed E-state index contributed by atoms with van der Waals surface area (Å²) >= 11 is 0. The smallest absolute Gasteiger partial charge is 0.153 e. The first kappa shape index (κ1) is 12.3. The average Bonchev–Trinajstić information content (AvgIpc) is 2.52. The van der Waals surface area contributed by atoms with Gasteiger partial charge in [-0.15, -0.1) is 0 Å². The molecule has 0 aromatic carbocycles. The molecule has 3 unspecified atom stereocenters. The third-order valence-electron chi connectivity index (χ3n) is 3.59. The predicted octanol–water partition coefficient (Wildman–Crippen LogP) is 0.926. The van der Waals surface area contributed by atoms with E-state index < -0.39 is 15.6 Å². The normalized spacial score (nSPS) is 43.4. The Hall–Kier alpha value is -0.130. The number of rotatable bonds is 2. The first-order valence-electron chi connectivity index (χ1n) is 6.02. The van der Waals surface area contributed by atoms with Gasteiger partial charge in [0.1, 0.15) is 5.72 Å². The monoisotopic (exact) mass is 247 g/mol. The van der Waals surface area contributed by atoms with Crippen molar-refractivity contribution in [1.82, 2.24) is 5.32 Å². The second-order valence-corrected chi connectivity index (χ2v) is 7.76. The molecule has 0 saturated carbocycles. The van der Waals surface area contributed by atoms with Crippen LogP contribution >= 0.6 is 0 Å². The molecule has 0 radical (unpaired) electrons. The minimum atomic E-state index is -2.86. The van der Waals surface area contributed by atoms with Crippen LogP contribution in [0.4, 0.5) is 0 Å². The van der Waals surface area contributed by atoms with Crippen molar-refractivity contribution in [3.05, 3.63) is 0 Å². The number of nitrogens with one attached hydrogen (secondary N) is 1. The van der Waals surface area contributed by atoms with Gasteiger partial charge in [0.2, 0.25) is 0 Å².